The molecule has 0 spiro atoms. The van der Waals surface area contributed by atoms with Crippen LogP contribution in [0.25, 0.3) is 11.4 Å². The van der Waals surface area contributed by atoms with Gasteiger partial charge < -0.3 is 24.8 Å². The third-order valence-electron chi connectivity index (χ3n) is 5.61. The minimum atomic E-state index is -2.79. The largest absolute Gasteiger partial charge is 0.494 e. The Morgan fingerprint density at radius 2 is 1.93 bits per heavy atom. The fraction of sp³-hybridized carbons (Fsp3) is 0.321. The Morgan fingerprint density at radius 3 is 2.61 bits per heavy atom. The Morgan fingerprint density at radius 1 is 1.14 bits per heavy atom. The van der Waals surface area contributed by atoms with E-state index in [-0.39, 0.29) is 58.5 Å². The number of amides is 2. The summed E-state index contributed by atoms with van der Waals surface area (Å²) in [5.41, 5.74) is 0.0802. The molecule has 3 heterocycles. The van der Waals surface area contributed by atoms with Crippen LogP contribution in [0.3, 0.4) is 0 Å². The molecule has 0 unspecified atom stereocenters. The van der Waals surface area contributed by atoms with Crippen LogP contribution in [-0.2, 0) is 29.7 Å². The lowest BCUT2D eigenvalue weighted by Crippen LogP contribution is -2.27. The van der Waals surface area contributed by atoms with E-state index in [2.05, 4.69) is 35.9 Å². The van der Waals surface area contributed by atoms with Crippen LogP contribution < -0.4 is 20.7 Å². The number of anilines is 3. The quantitative estimate of drug-likeness (QED) is 0.223. The van der Waals surface area contributed by atoms with E-state index in [1.807, 2.05) is 5.32 Å². The van der Waals surface area contributed by atoms with E-state index < -0.39 is 30.4 Å². The van der Waals surface area contributed by atoms with Crippen molar-refractivity contribution in [2.45, 2.75) is 39.6 Å². The van der Waals surface area contributed by atoms with Crippen molar-refractivity contribution >= 4 is 40.8 Å². The fourth-order valence-corrected chi connectivity index (χ4v) is 4.02. The highest BCUT2D eigenvalue weighted by Gasteiger charge is 2.21. The molecule has 4 rings (SSSR count). The van der Waals surface area contributed by atoms with Crippen molar-refractivity contribution in [3.8, 4) is 17.1 Å². The van der Waals surface area contributed by atoms with Gasteiger partial charge in [0.05, 0.1) is 37.3 Å². The highest BCUT2D eigenvalue weighted by Crippen LogP contribution is 2.39. The summed E-state index contributed by atoms with van der Waals surface area (Å²) in [5, 5.41) is 19.1. The normalized spacial score (nSPS) is 12.5. The summed E-state index contributed by atoms with van der Waals surface area (Å²) in [6.45, 7) is 1.98. The van der Waals surface area contributed by atoms with Gasteiger partial charge in [-0.1, -0.05) is 11.6 Å². The standard InChI is InChI=1S/C28H31ClFN9O5/c1-28(2,3)44-27(41)35-22-8-7-17(30)20(34-22)13-43-12-15-9-16(25-32-14-39(5)38-25)24(42-6)19(10-15)33-18-11-21(29)36-37-23(18)26(40)31-4/h7-11,14H,12-13H2,1-6H3,(H,31,40)(H,33,36)(H,34,35,41)/i4D3. The van der Waals surface area contributed by atoms with Crippen LogP contribution in [0.5, 0.6) is 5.75 Å². The minimum absolute atomic E-state index is 0.0172. The molecule has 3 N–H and O–H groups in total. The van der Waals surface area contributed by atoms with Gasteiger partial charge in [0.1, 0.15) is 29.3 Å². The number of nitrogens with zero attached hydrogens (tertiary/aromatic N) is 6. The molecule has 0 bridgehead atoms. The molecule has 3 aromatic heterocycles. The Kier molecular flexibility index (Phi) is 8.63. The van der Waals surface area contributed by atoms with E-state index in [0.29, 0.717) is 11.1 Å². The van der Waals surface area contributed by atoms with Crippen LogP contribution in [0.4, 0.5) is 26.4 Å². The molecule has 2 amide bonds. The summed E-state index contributed by atoms with van der Waals surface area (Å²) in [7, 11) is 3.10. The van der Waals surface area contributed by atoms with Gasteiger partial charge in [-0.2, -0.15) is 5.10 Å². The number of methoxy groups -OCH3 is 1. The summed E-state index contributed by atoms with van der Waals surface area (Å²) in [6, 6.07) is 7.05. The number of hydrogen-bond donors (Lipinski definition) is 3. The first kappa shape index (κ1) is 27.9. The van der Waals surface area contributed by atoms with Crippen molar-refractivity contribution in [1.82, 2.24) is 35.3 Å². The molecule has 0 fully saturated rings. The first-order valence-corrected chi connectivity index (χ1v) is 13.3. The Balaban J connectivity index is 1.64. The van der Waals surface area contributed by atoms with Crippen molar-refractivity contribution in [2.75, 3.05) is 24.7 Å². The summed E-state index contributed by atoms with van der Waals surface area (Å²) >= 11 is 6.07. The lowest BCUT2D eigenvalue weighted by molar-refractivity contribution is 0.0634. The van der Waals surface area contributed by atoms with Crippen molar-refractivity contribution in [3.05, 3.63) is 64.6 Å². The third-order valence-corrected chi connectivity index (χ3v) is 5.80. The van der Waals surface area contributed by atoms with Crippen LogP contribution >= 0.6 is 11.6 Å². The molecule has 1 aromatic carbocycles. The van der Waals surface area contributed by atoms with E-state index in [0.717, 1.165) is 6.07 Å². The van der Waals surface area contributed by atoms with Crippen molar-refractivity contribution in [3.63, 3.8) is 0 Å². The second-order valence-electron chi connectivity index (χ2n) is 10.2. The highest BCUT2D eigenvalue weighted by molar-refractivity contribution is 6.29. The predicted octanol–water partition coefficient (Wildman–Crippen LogP) is 4.64. The average molecular weight is 631 g/mol. The first-order chi connectivity index (χ1) is 22.0. The van der Waals surface area contributed by atoms with Gasteiger partial charge in [0.2, 0.25) is 0 Å². The number of benzene rings is 1. The molecule has 14 nitrogen and oxygen atoms in total. The van der Waals surface area contributed by atoms with Crippen LogP contribution in [0.2, 0.25) is 5.15 Å². The summed E-state index contributed by atoms with van der Waals surface area (Å²) in [6.07, 6.45) is 0.740. The molecule has 0 atom stereocenters. The SMILES string of the molecule is [2H]C([2H])([2H])NC(=O)c1nnc(Cl)cc1Nc1cc(COCc2nc(NC(=O)OC(C)(C)C)ccc2F)cc(-c2ncn(C)n2)c1OC. The molecule has 0 aliphatic rings. The number of carbonyl (C=O) groups is 2. The Bertz CT molecular complexity index is 1780. The molecule has 0 aliphatic carbocycles. The van der Waals surface area contributed by atoms with Crippen LogP contribution in [0, 0.1) is 5.82 Å². The number of hydrogen-bond acceptors (Lipinski definition) is 11. The molecule has 0 saturated heterocycles. The molecular weight excluding hydrogens is 597 g/mol. The van der Waals surface area contributed by atoms with Crippen molar-refractivity contribution in [1.29, 1.82) is 0 Å². The molecule has 0 aliphatic heterocycles. The molecule has 44 heavy (non-hydrogen) atoms. The fourth-order valence-electron chi connectivity index (χ4n) is 3.88. The zero-order valence-electron chi connectivity index (χ0n) is 27.4. The number of aryl methyl sites for hydroxylation is 1. The van der Waals surface area contributed by atoms with E-state index in [9.17, 15) is 14.0 Å². The average Bonchev–Trinajstić information content (AvgIpc) is 3.38. The lowest BCUT2D eigenvalue weighted by Gasteiger charge is -2.19. The smallest absolute Gasteiger partial charge is 0.413 e. The maximum atomic E-state index is 14.6. The summed E-state index contributed by atoms with van der Waals surface area (Å²) in [5.74, 6) is -1.07. The predicted molar refractivity (Wildman–Crippen MR) is 159 cm³/mol. The van der Waals surface area contributed by atoms with Crippen LogP contribution in [-0.4, -0.2) is 61.6 Å². The van der Waals surface area contributed by atoms with Gasteiger partial charge in [-0.25, -0.2) is 19.2 Å². The third kappa shape index (κ3) is 8.14. The second kappa shape index (κ2) is 13.6. The van der Waals surface area contributed by atoms with Gasteiger partial charge in [-0.3, -0.25) is 14.8 Å². The zero-order valence-corrected chi connectivity index (χ0v) is 25.1. The minimum Gasteiger partial charge on any atom is -0.494 e. The van der Waals surface area contributed by atoms with Gasteiger partial charge >= 0.3 is 6.09 Å². The molecule has 0 saturated carbocycles. The number of nitrogens with one attached hydrogen (secondary N) is 3. The highest BCUT2D eigenvalue weighted by atomic mass is 35.5. The van der Waals surface area contributed by atoms with E-state index in [4.69, 9.17) is 29.9 Å². The van der Waals surface area contributed by atoms with Gasteiger partial charge in [0, 0.05) is 24.2 Å². The number of halogens is 2. The number of pyridine rings is 1. The number of aromatic nitrogens is 6. The number of rotatable bonds is 10. The van der Waals surface area contributed by atoms with E-state index in [1.54, 1.807) is 40.0 Å². The van der Waals surface area contributed by atoms with Gasteiger partial charge in [0.25, 0.3) is 5.91 Å². The maximum Gasteiger partial charge on any atom is 0.413 e. The summed E-state index contributed by atoms with van der Waals surface area (Å²) < 4.78 is 55.0. The monoisotopic (exact) mass is 630 g/mol. The van der Waals surface area contributed by atoms with E-state index >= 15 is 0 Å². The number of ether oxygens (including phenoxy) is 3. The number of carbonyl (C=O) groups excluding carboxylic acids is 2. The topological polar surface area (TPSA) is 167 Å². The van der Waals surface area contributed by atoms with Crippen LogP contribution in [0.1, 0.15) is 46.6 Å². The summed E-state index contributed by atoms with van der Waals surface area (Å²) in [4.78, 5) is 33.3. The van der Waals surface area contributed by atoms with Gasteiger partial charge in [-0.15, -0.1) is 10.2 Å². The van der Waals surface area contributed by atoms with E-state index in [1.165, 1.54) is 30.3 Å². The van der Waals surface area contributed by atoms with Gasteiger partial charge in [0.15, 0.2) is 22.4 Å². The zero-order chi connectivity index (χ0) is 34.5. The molecule has 0 radical (unpaired) electrons. The molecular formula is C28H31ClFN9O5. The van der Waals surface area contributed by atoms with Crippen LogP contribution in [0.15, 0.2) is 36.7 Å². The van der Waals surface area contributed by atoms with Gasteiger partial charge in [-0.05, 0) is 50.6 Å². The molecule has 4 aromatic rings. The Hall–Kier alpha value is -4.89. The first-order valence-electron chi connectivity index (χ1n) is 14.4. The Labute approximate surface area is 261 Å². The second-order valence-corrected chi connectivity index (χ2v) is 10.6. The van der Waals surface area contributed by atoms with Crippen molar-refractivity contribution < 1.29 is 32.3 Å². The van der Waals surface area contributed by atoms with Crippen molar-refractivity contribution in [2.24, 2.45) is 7.05 Å². The molecule has 16 heteroatoms. The molecule has 232 valence electrons. The maximum absolute atomic E-state index is 14.6. The lowest BCUT2D eigenvalue weighted by atomic mass is 10.1.